The van der Waals surface area contributed by atoms with Crippen LogP contribution in [0.3, 0.4) is 0 Å². The number of nitrogens with two attached hydrogens (primary N) is 1. The molecule has 0 radical (unpaired) electrons. The van der Waals surface area contributed by atoms with Crippen molar-refractivity contribution in [2.45, 2.75) is 0 Å². The molecular formula is C6H10N6. The summed E-state index contributed by atoms with van der Waals surface area (Å²) >= 11 is 0. The molecule has 0 aliphatic carbocycles. The van der Waals surface area contributed by atoms with Crippen molar-refractivity contribution >= 4 is 11.6 Å². The number of anilines is 1. The highest BCUT2D eigenvalue weighted by Crippen LogP contribution is 2.05. The van der Waals surface area contributed by atoms with Gasteiger partial charge in [-0.1, -0.05) is 0 Å². The minimum Gasteiger partial charge on any atom is -0.391 e. The van der Waals surface area contributed by atoms with Crippen molar-refractivity contribution in [1.82, 2.24) is 15.1 Å². The Morgan fingerprint density at radius 1 is 1.92 bits per heavy atom. The summed E-state index contributed by atoms with van der Waals surface area (Å²) < 4.78 is 1.42. The van der Waals surface area contributed by atoms with Gasteiger partial charge < -0.3 is 11.1 Å². The normalized spacial score (nSPS) is 11.2. The van der Waals surface area contributed by atoms with Crippen LogP contribution < -0.4 is 11.1 Å². The van der Waals surface area contributed by atoms with E-state index in [0.717, 1.165) is 0 Å². The number of nitrogens with one attached hydrogen (secondary N) is 2. The van der Waals surface area contributed by atoms with Gasteiger partial charge in [0.25, 0.3) is 0 Å². The van der Waals surface area contributed by atoms with E-state index in [2.05, 4.69) is 15.5 Å². The van der Waals surface area contributed by atoms with Crippen molar-refractivity contribution in [3.05, 3.63) is 18.5 Å². The van der Waals surface area contributed by atoms with Crippen LogP contribution in [0.4, 0.5) is 5.82 Å². The van der Waals surface area contributed by atoms with E-state index in [0.29, 0.717) is 11.6 Å². The molecule has 0 fully saturated rings. The Morgan fingerprint density at radius 3 is 3.08 bits per heavy atom. The first-order chi connectivity index (χ1) is 5.77. The molecule has 0 bridgehead atoms. The zero-order valence-electron chi connectivity index (χ0n) is 6.65. The van der Waals surface area contributed by atoms with E-state index in [9.17, 15) is 0 Å². The van der Waals surface area contributed by atoms with Gasteiger partial charge in [0.15, 0.2) is 5.82 Å². The van der Waals surface area contributed by atoms with Gasteiger partial charge in [0.2, 0.25) is 0 Å². The molecule has 1 heterocycles. The predicted octanol–water partition coefficient (Wildman–Crippen LogP) is 0.472. The highest BCUT2D eigenvalue weighted by molar-refractivity contribution is 5.42. The Bertz CT molecular complexity index is 299. The standard InChI is InChI=1S/C6H10N6/c1-9-4-6(10-8)12-3-2-5(7)11-12/h2-4,8-9H,1H3,(H2,7,11)/b6-4+,10-8?. The summed E-state index contributed by atoms with van der Waals surface area (Å²) in [5.74, 6) is 0.787. The monoisotopic (exact) mass is 166 g/mol. The summed E-state index contributed by atoms with van der Waals surface area (Å²) in [6.07, 6.45) is 3.19. The fraction of sp³-hybridized carbons (Fsp3) is 0.167. The lowest BCUT2D eigenvalue weighted by molar-refractivity contribution is 0.854. The first-order valence-corrected chi connectivity index (χ1v) is 3.34. The van der Waals surface area contributed by atoms with Gasteiger partial charge in [0, 0.05) is 25.5 Å². The quantitative estimate of drug-likeness (QED) is 0.570. The van der Waals surface area contributed by atoms with Gasteiger partial charge in [-0.15, -0.1) is 10.2 Å². The largest absolute Gasteiger partial charge is 0.391 e. The fourth-order valence-electron chi connectivity index (χ4n) is 0.744. The number of nitrogens with zero attached hydrogens (tertiary/aromatic N) is 3. The van der Waals surface area contributed by atoms with Gasteiger partial charge in [-0.25, -0.2) is 10.2 Å². The van der Waals surface area contributed by atoms with E-state index >= 15 is 0 Å². The molecule has 4 N–H and O–H groups in total. The molecule has 0 atom stereocenters. The molecule has 6 heteroatoms. The summed E-state index contributed by atoms with van der Waals surface area (Å²) in [6, 6.07) is 1.63. The molecule has 0 saturated carbocycles. The van der Waals surface area contributed by atoms with E-state index in [1.807, 2.05) is 0 Å². The lowest BCUT2D eigenvalue weighted by Gasteiger charge is -1.97. The van der Waals surface area contributed by atoms with Crippen LogP contribution in [0.2, 0.25) is 0 Å². The topological polar surface area (TPSA) is 92.1 Å². The lowest BCUT2D eigenvalue weighted by Crippen LogP contribution is -2.02. The Morgan fingerprint density at radius 2 is 2.67 bits per heavy atom. The summed E-state index contributed by atoms with van der Waals surface area (Å²) in [7, 11) is 1.72. The Hall–Kier alpha value is -1.85. The number of hydrogen-bond acceptors (Lipinski definition) is 5. The van der Waals surface area contributed by atoms with E-state index in [1.165, 1.54) is 4.68 Å². The maximum Gasteiger partial charge on any atom is 0.190 e. The lowest BCUT2D eigenvalue weighted by atomic mass is 10.6. The van der Waals surface area contributed by atoms with Crippen molar-refractivity contribution in [3.8, 4) is 0 Å². The summed E-state index contributed by atoms with van der Waals surface area (Å²) in [5, 5.41) is 9.88. The van der Waals surface area contributed by atoms with Crippen LogP contribution >= 0.6 is 0 Å². The maximum atomic E-state index is 6.83. The second kappa shape index (κ2) is 3.51. The second-order valence-corrected chi connectivity index (χ2v) is 2.09. The average molecular weight is 166 g/mol. The first kappa shape index (κ1) is 8.25. The molecule has 0 spiro atoms. The minimum atomic E-state index is 0.384. The van der Waals surface area contributed by atoms with Crippen LogP contribution in [0.1, 0.15) is 0 Å². The zero-order valence-corrected chi connectivity index (χ0v) is 6.65. The number of nitrogen functional groups attached to an aromatic ring is 1. The summed E-state index contributed by atoms with van der Waals surface area (Å²) in [5.41, 5.74) is 12.2. The van der Waals surface area contributed by atoms with Crippen molar-refractivity contribution in [2.24, 2.45) is 5.11 Å². The third-order valence-electron chi connectivity index (χ3n) is 1.23. The predicted molar refractivity (Wildman–Crippen MR) is 45.1 cm³/mol. The highest BCUT2D eigenvalue weighted by Gasteiger charge is 1.98. The molecule has 12 heavy (non-hydrogen) atoms. The van der Waals surface area contributed by atoms with E-state index in [1.54, 1.807) is 25.5 Å². The van der Waals surface area contributed by atoms with Crippen molar-refractivity contribution in [3.63, 3.8) is 0 Å². The van der Waals surface area contributed by atoms with Gasteiger partial charge >= 0.3 is 0 Å². The maximum absolute atomic E-state index is 6.83. The summed E-state index contributed by atoms with van der Waals surface area (Å²) in [4.78, 5) is 0. The van der Waals surface area contributed by atoms with E-state index < -0.39 is 0 Å². The fourth-order valence-corrected chi connectivity index (χ4v) is 0.744. The molecule has 6 nitrogen and oxygen atoms in total. The van der Waals surface area contributed by atoms with Crippen LogP contribution in [0.5, 0.6) is 0 Å². The molecule has 64 valence electrons. The van der Waals surface area contributed by atoms with E-state index in [4.69, 9.17) is 11.3 Å². The van der Waals surface area contributed by atoms with Crippen molar-refractivity contribution in [1.29, 1.82) is 5.53 Å². The molecule has 0 unspecified atom stereocenters. The molecule has 0 amide bonds. The Labute approximate surface area is 69.6 Å². The molecule has 0 aliphatic heterocycles. The van der Waals surface area contributed by atoms with Crippen LogP contribution in [0, 0.1) is 5.53 Å². The SMILES string of the molecule is CN/C=C(\N=N)n1ccc(N)n1. The second-order valence-electron chi connectivity index (χ2n) is 2.09. The van der Waals surface area contributed by atoms with Gasteiger partial charge in [-0.2, -0.15) is 0 Å². The Balaban J connectivity index is 2.94. The number of hydrogen-bond donors (Lipinski definition) is 3. The third kappa shape index (κ3) is 1.60. The van der Waals surface area contributed by atoms with Gasteiger partial charge in [0.1, 0.15) is 5.82 Å². The molecule has 1 aromatic heterocycles. The molecular weight excluding hydrogens is 156 g/mol. The van der Waals surface area contributed by atoms with Crippen molar-refractivity contribution < 1.29 is 0 Å². The highest BCUT2D eigenvalue weighted by atomic mass is 15.4. The van der Waals surface area contributed by atoms with Crippen LogP contribution in [0.25, 0.3) is 5.82 Å². The molecule has 1 aromatic rings. The van der Waals surface area contributed by atoms with Gasteiger partial charge in [0.05, 0.1) is 0 Å². The zero-order chi connectivity index (χ0) is 8.97. The van der Waals surface area contributed by atoms with Crippen LogP contribution in [-0.4, -0.2) is 16.8 Å². The Kier molecular flexibility index (Phi) is 2.42. The smallest absolute Gasteiger partial charge is 0.190 e. The summed E-state index contributed by atoms with van der Waals surface area (Å²) in [6.45, 7) is 0. The molecule has 0 aromatic carbocycles. The first-order valence-electron chi connectivity index (χ1n) is 3.34. The number of aromatic nitrogens is 2. The van der Waals surface area contributed by atoms with E-state index in [-0.39, 0.29) is 0 Å². The minimum absolute atomic E-state index is 0.384. The van der Waals surface area contributed by atoms with Gasteiger partial charge in [-0.05, 0) is 0 Å². The van der Waals surface area contributed by atoms with Crippen LogP contribution in [-0.2, 0) is 0 Å². The number of rotatable bonds is 3. The third-order valence-corrected chi connectivity index (χ3v) is 1.23. The van der Waals surface area contributed by atoms with Crippen LogP contribution in [0.15, 0.2) is 23.6 Å². The van der Waals surface area contributed by atoms with Crippen molar-refractivity contribution in [2.75, 3.05) is 12.8 Å². The molecule has 0 aliphatic rings. The average Bonchev–Trinajstić information content (AvgIpc) is 2.47. The molecule has 1 rings (SSSR count). The van der Waals surface area contributed by atoms with Gasteiger partial charge in [-0.3, -0.25) is 0 Å². The molecule has 0 saturated heterocycles.